The van der Waals surface area contributed by atoms with Crippen LogP contribution in [0.25, 0.3) is 11.1 Å². The van der Waals surface area contributed by atoms with Crippen molar-refractivity contribution in [1.82, 2.24) is 0 Å². The molecule has 2 aromatic rings. The van der Waals surface area contributed by atoms with Crippen LogP contribution in [-0.2, 0) is 22.4 Å². The molecule has 224 valence electrons. The highest BCUT2D eigenvalue weighted by molar-refractivity contribution is 6.25. The van der Waals surface area contributed by atoms with E-state index in [-0.39, 0.29) is 35.6 Å². The number of allylic oxidation sites excluding steroid dienone is 2. The summed E-state index contributed by atoms with van der Waals surface area (Å²) in [7, 11) is 0. The highest BCUT2D eigenvalue weighted by Gasteiger charge is 2.71. The number of benzene rings is 2. The fraction of sp³-hybridized carbons (Fsp3) is 0.417. The van der Waals surface area contributed by atoms with Crippen LogP contribution >= 0.6 is 0 Å². The van der Waals surface area contributed by atoms with Crippen LogP contribution in [0.2, 0.25) is 0 Å². The van der Waals surface area contributed by atoms with Crippen molar-refractivity contribution >= 4 is 17.3 Å². The molecule has 0 aliphatic heterocycles. The molecule has 0 fully saturated rings. The van der Waals surface area contributed by atoms with Gasteiger partial charge in [-0.1, -0.05) is 58.0 Å². The van der Waals surface area contributed by atoms with E-state index >= 15 is 0 Å². The van der Waals surface area contributed by atoms with Crippen molar-refractivity contribution < 1.29 is 34.8 Å². The summed E-state index contributed by atoms with van der Waals surface area (Å²) in [6.07, 6.45) is 8.05. The Bertz CT molecular complexity index is 1670. The van der Waals surface area contributed by atoms with Crippen LogP contribution in [-0.4, -0.2) is 43.4 Å². The summed E-state index contributed by atoms with van der Waals surface area (Å²) in [5, 5.41) is 46.2. The molecule has 7 nitrogen and oxygen atoms in total. The third-order valence-electron chi connectivity index (χ3n) is 9.94. The summed E-state index contributed by atoms with van der Waals surface area (Å²) >= 11 is 0. The molecular weight excluding hydrogens is 544 g/mol. The lowest BCUT2D eigenvalue weighted by Gasteiger charge is -2.59. The molecule has 3 aliphatic carbocycles. The Labute approximate surface area is 252 Å². The number of phenols is 1. The number of fused-ring (bicyclic) bond motifs is 3. The summed E-state index contributed by atoms with van der Waals surface area (Å²) < 4.78 is 0. The number of phenolic OH excluding ortho intramolecular Hbond substituents is 1. The standard InChI is InChI=1S/C36H38O7/c1-7-8-9-10-21-11-13-22(14-12-21)23-15-16-25(38)27-24(23)17-34(5)18-35(6)28(19(2)3)30(39)26(20(4)37)32(41)36(35,43)33(42)29(34)31(27)40/h1,11-16,19,28,38-39,42-43H,8-10,17-18H2,2-6H3/t28?,34-,35-,36+/m1/s1. The van der Waals surface area contributed by atoms with Gasteiger partial charge in [-0.3, -0.25) is 14.4 Å². The molecule has 4 atom stereocenters. The number of carbonyl (C=O) groups is 3. The van der Waals surface area contributed by atoms with E-state index in [9.17, 15) is 34.8 Å². The monoisotopic (exact) mass is 582 g/mol. The Morgan fingerprint density at radius 1 is 1.07 bits per heavy atom. The maximum Gasteiger partial charge on any atom is 0.209 e. The summed E-state index contributed by atoms with van der Waals surface area (Å²) in [4.78, 5) is 40.6. The van der Waals surface area contributed by atoms with E-state index in [1.807, 2.05) is 38.1 Å². The summed E-state index contributed by atoms with van der Waals surface area (Å²) in [5.41, 5.74) is -2.54. The van der Waals surface area contributed by atoms with Gasteiger partial charge < -0.3 is 20.4 Å². The molecule has 0 aromatic heterocycles. The number of Topliss-reactive ketones (excluding diaryl/α,β-unsaturated/α-hetero) is 3. The number of aliphatic hydroxyl groups is 3. The molecule has 2 aromatic carbocycles. The number of ketones is 3. The number of hydrogen-bond acceptors (Lipinski definition) is 7. The first kappa shape index (κ1) is 30.3. The van der Waals surface area contributed by atoms with E-state index in [1.165, 1.54) is 6.07 Å². The van der Waals surface area contributed by atoms with Crippen LogP contribution in [0.15, 0.2) is 59.1 Å². The number of aliphatic hydroxyl groups excluding tert-OH is 2. The number of aryl methyl sites for hydroxylation is 1. The van der Waals surface area contributed by atoms with E-state index in [0.717, 1.165) is 36.5 Å². The molecular formula is C36H38O7. The van der Waals surface area contributed by atoms with Gasteiger partial charge in [0.25, 0.3) is 0 Å². The highest BCUT2D eigenvalue weighted by Crippen LogP contribution is 2.65. The molecule has 0 amide bonds. The number of aromatic hydroxyl groups is 1. The van der Waals surface area contributed by atoms with E-state index in [2.05, 4.69) is 5.92 Å². The molecule has 1 unspecified atom stereocenters. The summed E-state index contributed by atoms with van der Waals surface area (Å²) in [5.74, 6) is -2.57. The quantitative estimate of drug-likeness (QED) is 0.187. The maximum atomic E-state index is 14.2. The summed E-state index contributed by atoms with van der Waals surface area (Å²) in [6.45, 7) is 8.17. The van der Waals surface area contributed by atoms with E-state index in [4.69, 9.17) is 6.42 Å². The largest absolute Gasteiger partial charge is 0.511 e. The van der Waals surface area contributed by atoms with Crippen LogP contribution in [0, 0.1) is 35.0 Å². The minimum absolute atomic E-state index is 0.00988. The van der Waals surface area contributed by atoms with Gasteiger partial charge in [0.15, 0.2) is 17.2 Å². The predicted octanol–water partition coefficient (Wildman–Crippen LogP) is 5.97. The topological polar surface area (TPSA) is 132 Å². The lowest BCUT2D eigenvalue weighted by Crippen LogP contribution is -2.67. The average Bonchev–Trinajstić information content (AvgIpc) is 2.91. The van der Waals surface area contributed by atoms with E-state index in [1.54, 1.807) is 19.9 Å². The van der Waals surface area contributed by atoms with E-state index < -0.39 is 56.8 Å². The molecule has 43 heavy (non-hydrogen) atoms. The number of terminal acetylenes is 1. The number of carbonyl (C=O) groups excluding carboxylic acids is 3. The Balaban J connectivity index is 1.70. The summed E-state index contributed by atoms with van der Waals surface area (Å²) in [6, 6.07) is 11.2. The van der Waals surface area contributed by atoms with Crippen molar-refractivity contribution in [2.45, 2.75) is 72.3 Å². The number of rotatable bonds is 6. The molecule has 0 saturated heterocycles. The van der Waals surface area contributed by atoms with Crippen LogP contribution in [0.3, 0.4) is 0 Å². The van der Waals surface area contributed by atoms with Crippen molar-refractivity contribution in [1.29, 1.82) is 0 Å². The van der Waals surface area contributed by atoms with Crippen molar-refractivity contribution in [3.05, 3.63) is 75.8 Å². The molecule has 0 bridgehead atoms. The second kappa shape index (κ2) is 10.2. The number of unbranched alkanes of at least 4 members (excludes halogenated alkanes) is 1. The highest BCUT2D eigenvalue weighted by atomic mass is 16.3. The predicted molar refractivity (Wildman–Crippen MR) is 162 cm³/mol. The molecule has 5 rings (SSSR count). The molecule has 4 N–H and O–H groups in total. The first-order valence-corrected chi connectivity index (χ1v) is 14.7. The van der Waals surface area contributed by atoms with Gasteiger partial charge in [-0.25, -0.2) is 0 Å². The Kier molecular flexibility index (Phi) is 7.22. The van der Waals surface area contributed by atoms with Crippen LogP contribution < -0.4 is 0 Å². The minimum atomic E-state index is -2.63. The second-order valence-corrected chi connectivity index (χ2v) is 13.2. The zero-order chi connectivity index (χ0) is 31.6. The lowest BCUT2D eigenvalue weighted by atomic mass is 9.44. The number of hydrogen-bond donors (Lipinski definition) is 4. The third kappa shape index (κ3) is 4.18. The smallest absolute Gasteiger partial charge is 0.209 e. The maximum absolute atomic E-state index is 14.2. The van der Waals surface area contributed by atoms with Gasteiger partial charge in [-0.05, 0) is 66.8 Å². The average molecular weight is 583 g/mol. The van der Waals surface area contributed by atoms with Crippen LogP contribution in [0.1, 0.15) is 75.4 Å². The van der Waals surface area contributed by atoms with Crippen molar-refractivity contribution in [3.63, 3.8) is 0 Å². The molecule has 0 spiro atoms. The Hall–Kier alpha value is -4.15. The van der Waals surface area contributed by atoms with Crippen molar-refractivity contribution in [2.75, 3.05) is 0 Å². The van der Waals surface area contributed by atoms with Gasteiger partial charge in [0, 0.05) is 28.7 Å². The third-order valence-corrected chi connectivity index (χ3v) is 9.94. The van der Waals surface area contributed by atoms with Gasteiger partial charge in [0.05, 0.1) is 5.56 Å². The van der Waals surface area contributed by atoms with Gasteiger partial charge >= 0.3 is 0 Å². The van der Waals surface area contributed by atoms with Crippen molar-refractivity contribution in [2.24, 2.45) is 22.7 Å². The Morgan fingerprint density at radius 3 is 2.30 bits per heavy atom. The zero-order valence-electron chi connectivity index (χ0n) is 25.2. The zero-order valence-corrected chi connectivity index (χ0v) is 25.2. The first-order valence-electron chi connectivity index (χ1n) is 14.7. The van der Waals surface area contributed by atoms with Gasteiger partial charge in [-0.2, -0.15) is 0 Å². The molecule has 0 radical (unpaired) electrons. The normalized spacial score (nSPS) is 28.4. The Morgan fingerprint density at radius 2 is 1.72 bits per heavy atom. The van der Waals surface area contributed by atoms with Gasteiger partial charge in [0.1, 0.15) is 22.8 Å². The SMILES string of the molecule is C#CCCCc1ccc(-c2ccc(O)c3c2C[C@]2(C)C[C@]4(C)C(C(C)C)C(O)=C(C(C)=O)C(=O)[C@]4(O)C(O)=C2C3=O)cc1. The van der Waals surface area contributed by atoms with Crippen LogP contribution in [0.4, 0.5) is 0 Å². The minimum Gasteiger partial charge on any atom is -0.511 e. The van der Waals surface area contributed by atoms with Crippen LogP contribution in [0.5, 0.6) is 5.75 Å². The van der Waals surface area contributed by atoms with Crippen molar-refractivity contribution in [3.8, 4) is 29.2 Å². The fourth-order valence-electron chi connectivity index (χ4n) is 8.25. The first-order chi connectivity index (χ1) is 20.1. The molecule has 0 saturated carbocycles. The molecule has 3 aliphatic rings. The fourth-order valence-corrected chi connectivity index (χ4v) is 8.25. The van der Waals surface area contributed by atoms with E-state index in [0.29, 0.717) is 12.0 Å². The molecule has 0 heterocycles. The van der Waals surface area contributed by atoms with Gasteiger partial charge in [0.2, 0.25) is 5.78 Å². The second-order valence-electron chi connectivity index (χ2n) is 13.2. The lowest BCUT2D eigenvalue weighted by molar-refractivity contribution is -0.171. The molecule has 7 heteroatoms. The van der Waals surface area contributed by atoms with Gasteiger partial charge in [-0.15, -0.1) is 12.3 Å².